The molecule has 0 aromatic rings. The molecule has 0 amide bonds. The van der Waals surface area contributed by atoms with Gasteiger partial charge in [-0.25, -0.2) is 0 Å². The van der Waals surface area contributed by atoms with Gasteiger partial charge in [0.2, 0.25) is 0 Å². The molecule has 5 heteroatoms. The van der Waals surface area contributed by atoms with Crippen LogP contribution in [0.15, 0.2) is 0 Å². The Labute approximate surface area is 81.7 Å². The van der Waals surface area contributed by atoms with Gasteiger partial charge in [-0.2, -0.15) is 0 Å². The molecule has 4 nitrogen and oxygen atoms in total. The van der Waals surface area contributed by atoms with Crippen molar-refractivity contribution < 1.29 is 37.2 Å². The number of carbonyl (C=O) groups is 2. The molecule has 0 atom stereocenters. The molecular weight excluding hydrogens is 200 g/mol. The van der Waals surface area contributed by atoms with E-state index in [1.54, 1.807) is 13.8 Å². The van der Waals surface area contributed by atoms with Gasteiger partial charge in [0.1, 0.15) is 0 Å². The van der Waals surface area contributed by atoms with Crippen LogP contribution in [0.5, 0.6) is 0 Å². The molecule has 0 spiro atoms. The third-order valence-electron chi connectivity index (χ3n) is 2.03. The maximum absolute atomic E-state index is 10.5. The van der Waals surface area contributed by atoms with Crippen LogP contribution in [0, 0.1) is 5.41 Å². The van der Waals surface area contributed by atoms with E-state index in [4.69, 9.17) is 10.2 Å². The van der Waals surface area contributed by atoms with Crippen LogP contribution < -0.4 is 0 Å². The van der Waals surface area contributed by atoms with E-state index in [1.807, 2.05) is 0 Å². The second kappa shape index (κ2) is 5.18. The fourth-order valence-corrected chi connectivity index (χ4v) is 0.946. The number of carboxylic acid groups (broad SMARTS) is 2. The van der Waals surface area contributed by atoms with Gasteiger partial charge in [-0.05, 0) is 12.8 Å². The summed E-state index contributed by atoms with van der Waals surface area (Å²) in [7, 11) is 0. The first-order valence-corrected chi connectivity index (χ1v) is 3.48. The Morgan fingerprint density at radius 3 is 1.33 bits per heavy atom. The molecule has 0 saturated heterocycles. The van der Waals surface area contributed by atoms with Crippen LogP contribution in [0.1, 0.15) is 26.7 Å². The molecule has 70 valence electrons. The normalized spacial score (nSPS) is 10.2. The van der Waals surface area contributed by atoms with Crippen molar-refractivity contribution >= 4 is 11.9 Å². The van der Waals surface area contributed by atoms with E-state index in [1.165, 1.54) is 0 Å². The van der Waals surface area contributed by atoms with Crippen molar-refractivity contribution in [3.63, 3.8) is 0 Å². The van der Waals surface area contributed by atoms with Crippen molar-refractivity contribution in [3.8, 4) is 0 Å². The average molecular weight is 212 g/mol. The molecule has 0 saturated carbocycles. The molecular formula is C7H12CrO4. The van der Waals surface area contributed by atoms with Crippen molar-refractivity contribution in [1.82, 2.24) is 0 Å². The maximum atomic E-state index is 10.5. The Morgan fingerprint density at radius 1 is 1.08 bits per heavy atom. The van der Waals surface area contributed by atoms with Gasteiger partial charge in [-0.3, -0.25) is 9.59 Å². The van der Waals surface area contributed by atoms with E-state index in [9.17, 15) is 9.59 Å². The van der Waals surface area contributed by atoms with Crippen molar-refractivity contribution in [1.29, 1.82) is 0 Å². The zero-order chi connectivity index (χ0) is 9.07. The summed E-state index contributed by atoms with van der Waals surface area (Å²) >= 11 is 0. The third kappa shape index (κ3) is 2.23. The molecule has 12 heavy (non-hydrogen) atoms. The van der Waals surface area contributed by atoms with Crippen molar-refractivity contribution in [2.24, 2.45) is 5.41 Å². The SMILES string of the molecule is CCC(CC)(C(=O)O)C(=O)O.[Cr]. The Bertz CT molecular complexity index is 158. The molecule has 0 heterocycles. The van der Waals surface area contributed by atoms with Crippen molar-refractivity contribution in [3.05, 3.63) is 0 Å². The van der Waals surface area contributed by atoms with E-state index in [2.05, 4.69) is 0 Å². The molecule has 2 N–H and O–H groups in total. The molecule has 0 aromatic carbocycles. The van der Waals surface area contributed by atoms with Gasteiger partial charge >= 0.3 is 11.9 Å². The zero-order valence-electron chi connectivity index (χ0n) is 7.03. The molecule has 0 aliphatic heterocycles. The van der Waals surface area contributed by atoms with E-state index in [0.29, 0.717) is 0 Å². The van der Waals surface area contributed by atoms with Gasteiger partial charge in [-0.15, -0.1) is 0 Å². The first-order valence-electron chi connectivity index (χ1n) is 3.48. The van der Waals surface area contributed by atoms with Crippen molar-refractivity contribution in [2.75, 3.05) is 0 Å². The average Bonchev–Trinajstić information content (AvgIpc) is 1.90. The summed E-state index contributed by atoms with van der Waals surface area (Å²) in [6.07, 6.45) is 0.238. The number of aliphatic carboxylic acids is 2. The van der Waals surface area contributed by atoms with Crippen LogP contribution in [-0.4, -0.2) is 22.2 Å². The smallest absolute Gasteiger partial charge is 0.321 e. The number of hydrogen-bond acceptors (Lipinski definition) is 2. The summed E-state index contributed by atoms with van der Waals surface area (Å²) < 4.78 is 0. The molecule has 0 aliphatic rings. The Kier molecular flexibility index (Phi) is 6.05. The Balaban J connectivity index is 0. The largest absolute Gasteiger partial charge is 0.480 e. The molecule has 0 bridgehead atoms. The minimum atomic E-state index is -1.58. The van der Waals surface area contributed by atoms with Crippen LogP contribution in [0.4, 0.5) is 0 Å². The number of carboxylic acids is 2. The fraction of sp³-hybridized carbons (Fsp3) is 0.714. The minimum absolute atomic E-state index is 0. The quantitative estimate of drug-likeness (QED) is 0.680. The second-order valence-corrected chi connectivity index (χ2v) is 2.40. The Morgan fingerprint density at radius 2 is 1.33 bits per heavy atom. The summed E-state index contributed by atoms with van der Waals surface area (Å²) in [4.78, 5) is 21.1. The topological polar surface area (TPSA) is 74.6 Å². The van der Waals surface area contributed by atoms with E-state index in [-0.39, 0.29) is 30.2 Å². The summed E-state index contributed by atoms with van der Waals surface area (Å²) in [6.45, 7) is 3.12. The molecule has 0 aliphatic carbocycles. The zero-order valence-corrected chi connectivity index (χ0v) is 8.31. The van der Waals surface area contributed by atoms with E-state index >= 15 is 0 Å². The summed E-state index contributed by atoms with van der Waals surface area (Å²) in [5.74, 6) is -2.51. The molecule has 0 unspecified atom stereocenters. The van der Waals surface area contributed by atoms with Crippen LogP contribution in [0.25, 0.3) is 0 Å². The predicted molar refractivity (Wildman–Crippen MR) is 38.3 cm³/mol. The minimum Gasteiger partial charge on any atom is -0.480 e. The third-order valence-corrected chi connectivity index (χ3v) is 2.03. The summed E-state index contributed by atoms with van der Waals surface area (Å²) in [5.41, 5.74) is -1.58. The first kappa shape index (κ1) is 14.0. The maximum Gasteiger partial charge on any atom is 0.321 e. The van der Waals surface area contributed by atoms with Gasteiger partial charge in [0.25, 0.3) is 0 Å². The predicted octanol–water partition coefficient (Wildman–Crippen LogP) is 0.960. The number of hydrogen-bond donors (Lipinski definition) is 2. The van der Waals surface area contributed by atoms with Gasteiger partial charge in [0, 0.05) is 17.4 Å². The van der Waals surface area contributed by atoms with Gasteiger partial charge in [-0.1, -0.05) is 13.8 Å². The van der Waals surface area contributed by atoms with E-state index < -0.39 is 17.4 Å². The standard InChI is InChI=1S/C7H12O4.Cr/c1-3-7(4-2,5(8)9)6(10)11;/h3-4H2,1-2H3,(H,8,9)(H,10,11);. The van der Waals surface area contributed by atoms with Crippen molar-refractivity contribution in [2.45, 2.75) is 26.7 Å². The van der Waals surface area contributed by atoms with Crippen LogP contribution in [0.2, 0.25) is 0 Å². The molecule has 0 aromatic heterocycles. The van der Waals surface area contributed by atoms with Crippen LogP contribution in [-0.2, 0) is 27.0 Å². The van der Waals surface area contributed by atoms with Crippen LogP contribution >= 0.6 is 0 Å². The summed E-state index contributed by atoms with van der Waals surface area (Å²) in [5, 5.41) is 17.2. The molecule has 0 radical (unpaired) electrons. The number of rotatable bonds is 4. The monoisotopic (exact) mass is 212 g/mol. The summed E-state index contributed by atoms with van der Waals surface area (Å²) in [6, 6.07) is 0. The Hall–Kier alpha value is -0.528. The fourth-order valence-electron chi connectivity index (χ4n) is 0.946. The van der Waals surface area contributed by atoms with Gasteiger partial charge in [0.05, 0.1) is 0 Å². The molecule has 0 fully saturated rings. The second-order valence-electron chi connectivity index (χ2n) is 2.40. The van der Waals surface area contributed by atoms with E-state index in [0.717, 1.165) is 0 Å². The van der Waals surface area contributed by atoms with Gasteiger partial charge < -0.3 is 10.2 Å². The van der Waals surface area contributed by atoms with Crippen LogP contribution in [0.3, 0.4) is 0 Å². The molecule has 0 rings (SSSR count). The van der Waals surface area contributed by atoms with Gasteiger partial charge in [0.15, 0.2) is 5.41 Å². The first-order chi connectivity index (χ1) is 5.01.